The van der Waals surface area contributed by atoms with Crippen LogP contribution in [-0.4, -0.2) is 51.6 Å². The number of nitrogens with one attached hydrogen (secondary N) is 1. The quantitative estimate of drug-likeness (QED) is 0.883. The molecule has 2 rings (SSSR count). The van der Waals surface area contributed by atoms with Crippen molar-refractivity contribution in [1.29, 1.82) is 0 Å². The topological polar surface area (TPSA) is 75.7 Å². The maximum atomic E-state index is 12.1. The minimum atomic E-state index is -3.87. The van der Waals surface area contributed by atoms with E-state index in [9.17, 15) is 13.2 Å². The van der Waals surface area contributed by atoms with Crippen LogP contribution in [0.2, 0.25) is 4.34 Å². The third-order valence-electron chi connectivity index (χ3n) is 3.00. The SMILES string of the molecule is CCN1CCOCC1C(=O)NS(=O)(=O)c1ccc(Cl)s1. The van der Waals surface area contributed by atoms with Crippen LogP contribution in [0.15, 0.2) is 16.3 Å². The molecule has 1 fully saturated rings. The third kappa shape index (κ3) is 3.50. The van der Waals surface area contributed by atoms with Crippen molar-refractivity contribution in [2.24, 2.45) is 0 Å². The van der Waals surface area contributed by atoms with E-state index in [0.29, 0.717) is 24.0 Å². The first kappa shape index (κ1) is 15.7. The zero-order chi connectivity index (χ0) is 14.8. The Labute approximate surface area is 126 Å². The number of rotatable bonds is 4. The average molecular weight is 339 g/mol. The van der Waals surface area contributed by atoms with E-state index in [1.54, 1.807) is 0 Å². The molecule has 1 aromatic rings. The highest BCUT2D eigenvalue weighted by atomic mass is 35.5. The Kier molecular flexibility index (Phi) is 5.03. The molecule has 0 radical (unpaired) electrons. The Morgan fingerprint density at radius 3 is 2.95 bits per heavy atom. The summed E-state index contributed by atoms with van der Waals surface area (Å²) in [6.45, 7) is 3.93. The molecule has 112 valence electrons. The molecule has 1 atom stereocenters. The van der Waals surface area contributed by atoms with Crippen LogP contribution in [0.4, 0.5) is 0 Å². The number of morpholine rings is 1. The molecule has 9 heteroatoms. The van der Waals surface area contributed by atoms with Gasteiger partial charge < -0.3 is 4.74 Å². The molecule has 1 saturated heterocycles. The van der Waals surface area contributed by atoms with Crippen molar-refractivity contribution in [2.45, 2.75) is 17.2 Å². The molecule has 0 bridgehead atoms. The number of likely N-dealkylation sites (N-methyl/N-ethyl adjacent to an activating group) is 1. The van der Waals surface area contributed by atoms with E-state index in [4.69, 9.17) is 16.3 Å². The number of hydrogen-bond donors (Lipinski definition) is 1. The number of thiophene rings is 1. The van der Waals surface area contributed by atoms with Crippen LogP contribution in [0.5, 0.6) is 0 Å². The van der Waals surface area contributed by atoms with Gasteiger partial charge in [-0.15, -0.1) is 11.3 Å². The van der Waals surface area contributed by atoms with Crippen molar-refractivity contribution in [1.82, 2.24) is 9.62 Å². The molecule has 0 saturated carbocycles. The number of halogens is 1. The maximum Gasteiger partial charge on any atom is 0.273 e. The second kappa shape index (κ2) is 6.40. The highest BCUT2D eigenvalue weighted by Crippen LogP contribution is 2.25. The lowest BCUT2D eigenvalue weighted by Crippen LogP contribution is -2.54. The van der Waals surface area contributed by atoms with Gasteiger partial charge in [-0.2, -0.15) is 0 Å². The zero-order valence-corrected chi connectivity index (χ0v) is 13.2. The minimum Gasteiger partial charge on any atom is -0.378 e. The second-order valence-corrected chi connectivity index (χ2v) is 7.87. The molecule has 1 unspecified atom stereocenters. The number of nitrogens with zero attached hydrogens (tertiary/aromatic N) is 1. The van der Waals surface area contributed by atoms with E-state index in [-0.39, 0.29) is 10.8 Å². The average Bonchev–Trinajstić information content (AvgIpc) is 2.85. The minimum absolute atomic E-state index is 0.0237. The lowest BCUT2D eigenvalue weighted by molar-refractivity contribution is -0.130. The number of sulfonamides is 1. The van der Waals surface area contributed by atoms with Gasteiger partial charge >= 0.3 is 0 Å². The van der Waals surface area contributed by atoms with Crippen LogP contribution in [-0.2, 0) is 19.6 Å². The molecule has 1 N–H and O–H groups in total. The summed E-state index contributed by atoms with van der Waals surface area (Å²) < 4.78 is 31.8. The summed E-state index contributed by atoms with van der Waals surface area (Å²) in [6.07, 6.45) is 0. The summed E-state index contributed by atoms with van der Waals surface area (Å²) in [6, 6.07) is 2.27. The maximum absolute atomic E-state index is 12.1. The standard InChI is InChI=1S/C11H15ClN2O4S2/c1-2-14-5-6-18-7-8(14)11(15)13-20(16,17)10-4-3-9(12)19-10/h3-4,8H,2,5-7H2,1H3,(H,13,15). The van der Waals surface area contributed by atoms with Crippen molar-refractivity contribution in [3.63, 3.8) is 0 Å². The lowest BCUT2D eigenvalue weighted by atomic mass is 10.2. The van der Waals surface area contributed by atoms with Crippen LogP contribution in [0, 0.1) is 0 Å². The van der Waals surface area contributed by atoms with Gasteiger partial charge in [0.05, 0.1) is 17.6 Å². The molecule has 0 aromatic carbocycles. The van der Waals surface area contributed by atoms with Crippen molar-refractivity contribution in [3.8, 4) is 0 Å². The van der Waals surface area contributed by atoms with Gasteiger partial charge in [-0.25, -0.2) is 13.1 Å². The van der Waals surface area contributed by atoms with Crippen LogP contribution in [0.3, 0.4) is 0 Å². The largest absolute Gasteiger partial charge is 0.378 e. The van der Waals surface area contributed by atoms with Crippen molar-refractivity contribution in [3.05, 3.63) is 16.5 Å². The van der Waals surface area contributed by atoms with E-state index >= 15 is 0 Å². The number of hydrogen-bond acceptors (Lipinski definition) is 6. The van der Waals surface area contributed by atoms with Gasteiger partial charge in [-0.3, -0.25) is 9.69 Å². The highest BCUT2D eigenvalue weighted by Gasteiger charge is 2.31. The van der Waals surface area contributed by atoms with Gasteiger partial charge in [0.2, 0.25) is 0 Å². The molecule has 1 aromatic heterocycles. The zero-order valence-electron chi connectivity index (χ0n) is 10.8. The van der Waals surface area contributed by atoms with Crippen molar-refractivity contribution < 1.29 is 17.9 Å². The molecule has 1 aliphatic heterocycles. The molecular formula is C11H15ClN2O4S2. The molecule has 2 heterocycles. The van der Waals surface area contributed by atoms with Crippen molar-refractivity contribution in [2.75, 3.05) is 26.3 Å². The van der Waals surface area contributed by atoms with Crippen molar-refractivity contribution >= 4 is 38.9 Å². The third-order valence-corrected chi connectivity index (χ3v) is 6.07. The molecular weight excluding hydrogens is 324 g/mol. The van der Waals surface area contributed by atoms with Gasteiger partial charge in [0.15, 0.2) is 0 Å². The van der Waals surface area contributed by atoms with Gasteiger partial charge in [-0.05, 0) is 18.7 Å². The van der Waals surface area contributed by atoms with Gasteiger partial charge in [0.25, 0.3) is 15.9 Å². The second-order valence-electron chi connectivity index (χ2n) is 4.25. The summed E-state index contributed by atoms with van der Waals surface area (Å²) in [5, 5.41) is 0. The fourth-order valence-corrected chi connectivity index (χ4v) is 4.45. The molecule has 1 amide bonds. The summed E-state index contributed by atoms with van der Waals surface area (Å²) in [4.78, 5) is 14.0. The first-order valence-corrected chi connectivity index (χ1v) is 8.75. The Hall–Kier alpha value is -0.670. The van der Waals surface area contributed by atoms with Gasteiger partial charge in [-0.1, -0.05) is 18.5 Å². The van der Waals surface area contributed by atoms with Crippen LogP contribution < -0.4 is 4.72 Å². The van der Waals surface area contributed by atoms with E-state index in [2.05, 4.69) is 4.72 Å². The smallest absolute Gasteiger partial charge is 0.273 e. The predicted molar refractivity (Wildman–Crippen MR) is 76.5 cm³/mol. The van der Waals surface area contributed by atoms with Crippen LogP contribution in [0.25, 0.3) is 0 Å². The Morgan fingerprint density at radius 1 is 1.60 bits per heavy atom. The van der Waals surface area contributed by atoms with E-state index in [1.807, 2.05) is 11.8 Å². The number of ether oxygens (including phenoxy) is 1. The Morgan fingerprint density at radius 2 is 2.35 bits per heavy atom. The summed E-state index contributed by atoms with van der Waals surface area (Å²) >= 11 is 6.62. The van der Waals surface area contributed by atoms with Gasteiger partial charge in [0, 0.05) is 6.54 Å². The highest BCUT2D eigenvalue weighted by molar-refractivity contribution is 7.92. The molecule has 1 aliphatic rings. The van der Waals surface area contributed by atoms with E-state index < -0.39 is 22.0 Å². The first-order chi connectivity index (χ1) is 9.44. The molecule has 20 heavy (non-hydrogen) atoms. The van der Waals surface area contributed by atoms with E-state index in [0.717, 1.165) is 11.3 Å². The first-order valence-electron chi connectivity index (χ1n) is 6.08. The molecule has 6 nitrogen and oxygen atoms in total. The van der Waals surface area contributed by atoms with Crippen LogP contribution >= 0.6 is 22.9 Å². The Balaban J connectivity index is 2.10. The predicted octanol–water partition coefficient (Wildman–Crippen LogP) is 0.927. The van der Waals surface area contributed by atoms with Crippen LogP contribution in [0.1, 0.15) is 6.92 Å². The summed E-state index contributed by atoms with van der Waals surface area (Å²) in [5.74, 6) is -0.573. The number of carbonyl (C=O) groups excluding carboxylic acids is 1. The molecule has 0 spiro atoms. The summed E-state index contributed by atoms with van der Waals surface area (Å²) in [7, 11) is -3.87. The summed E-state index contributed by atoms with van der Waals surface area (Å²) in [5.41, 5.74) is 0. The fraction of sp³-hybridized carbons (Fsp3) is 0.545. The number of amides is 1. The Bertz CT molecular complexity index is 587. The van der Waals surface area contributed by atoms with E-state index in [1.165, 1.54) is 12.1 Å². The fourth-order valence-electron chi connectivity index (χ4n) is 1.95. The number of carbonyl (C=O) groups is 1. The monoisotopic (exact) mass is 338 g/mol. The normalized spacial score (nSPS) is 20.8. The lowest BCUT2D eigenvalue weighted by Gasteiger charge is -2.33. The van der Waals surface area contributed by atoms with Gasteiger partial charge in [0.1, 0.15) is 10.3 Å². The molecule has 0 aliphatic carbocycles.